The molecule has 3 unspecified atom stereocenters. The average molecular weight is 495 g/mol. The summed E-state index contributed by atoms with van der Waals surface area (Å²) < 4.78 is 14.0. The second-order valence-electron chi connectivity index (χ2n) is 11.3. The van der Waals surface area contributed by atoms with E-state index in [0.29, 0.717) is 23.4 Å². The van der Waals surface area contributed by atoms with E-state index in [9.17, 15) is 9.18 Å². The number of carbonyl (C=O) groups excluding carboxylic acids is 1. The number of aryl methyl sites for hydroxylation is 1. The summed E-state index contributed by atoms with van der Waals surface area (Å²) in [6.07, 6.45) is 9.58. The lowest BCUT2D eigenvalue weighted by molar-refractivity contribution is 0.0898. The first kappa shape index (κ1) is 24.1. The first-order valence-electron chi connectivity index (χ1n) is 13.6. The van der Waals surface area contributed by atoms with E-state index in [1.54, 1.807) is 18.2 Å². The van der Waals surface area contributed by atoms with Crippen LogP contribution in [0, 0.1) is 18.7 Å². The van der Waals surface area contributed by atoms with Gasteiger partial charge in [-0.25, -0.2) is 4.39 Å². The lowest BCUT2D eigenvalue weighted by Gasteiger charge is -2.46. The summed E-state index contributed by atoms with van der Waals surface area (Å²) in [5, 5.41) is 2.70. The van der Waals surface area contributed by atoms with Gasteiger partial charge in [0.25, 0.3) is 5.91 Å². The zero-order valence-electron chi connectivity index (χ0n) is 21.7. The lowest BCUT2D eigenvalue weighted by atomic mass is 9.68. The summed E-state index contributed by atoms with van der Waals surface area (Å²) in [4.78, 5) is 15.5. The Morgan fingerprint density at radius 2 is 1.86 bits per heavy atom. The Hall–Kier alpha value is -3.24. The minimum absolute atomic E-state index is 0.195. The second-order valence-corrected chi connectivity index (χ2v) is 11.3. The van der Waals surface area contributed by atoms with Crippen LogP contribution < -0.4 is 5.32 Å². The molecule has 1 amide bonds. The van der Waals surface area contributed by atoms with Crippen molar-refractivity contribution in [1.29, 1.82) is 0 Å². The van der Waals surface area contributed by atoms with Crippen molar-refractivity contribution in [2.75, 3.05) is 18.4 Å². The minimum atomic E-state index is -0.424. The van der Waals surface area contributed by atoms with Gasteiger partial charge in [0.1, 0.15) is 5.82 Å². The number of hydrogen-bond acceptors (Lipinski definition) is 2. The fraction of sp³-hybridized carbons (Fsp3) is 0.364. The summed E-state index contributed by atoms with van der Waals surface area (Å²) in [6, 6.07) is 21.8. The van der Waals surface area contributed by atoms with Crippen molar-refractivity contribution in [3.05, 3.63) is 106 Å². The number of para-hydroxylation sites is 1. The number of rotatable bonds is 4. The smallest absolute Gasteiger partial charge is 0.255 e. The normalized spacial score (nSPS) is 26.9. The molecule has 1 aliphatic heterocycles. The monoisotopic (exact) mass is 494 g/mol. The number of halogens is 1. The van der Waals surface area contributed by atoms with Gasteiger partial charge < -0.3 is 10.2 Å². The molecular formula is C33H35FN2O. The summed E-state index contributed by atoms with van der Waals surface area (Å²) >= 11 is 0. The molecule has 6 rings (SSSR count). The van der Waals surface area contributed by atoms with E-state index < -0.39 is 5.82 Å². The molecule has 0 radical (unpaired) electrons. The summed E-state index contributed by atoms with van der Waals surface area (Å²) in [7, 11) is 0. The van der Waals surface area contributed by atoms with Crippen LogP contribution in [0.2, 0.25) is 0 Å². The van der Waals surface area contributed by atoms with Crippen LogP contribution in [-0.4, -0.2) is 29.9 Å². The van der Waals surface area contributed by atoms with Crippen LogP contribution >= 0.6 is 0 Å². The Kier molecular flexibility index (Phi) is 6.24. The molecule has 0 aromatic heterocycles. The summed E-state index contributed by atoms with van der Waals surface area (Å²) in [5.74, 6) is 0.413. The van der Waals surface area contributed by atoms with Gasteiger partial charge in [-0.15, -0.1) is 0 Å². The summed E-state index contributed by atoms with van der Waals surface area (Å²) in [5.41, 5.74) is 6.37. The largest absolute Gasteiger partial charge is 0.319 e. The van der Waals surface area contributed by atoms with Gasteiger partial charge >= 0.3 is 0 Å². The first-order chi connectivity index (χ1) is 17.9. The van der Waals surface area contributed by atoms with Crippen molar-refractivity contribution < 1.29 is 9.18 Å². The van der Waals surface area contributed by atoms with Crippen molar-refractivity contribution in [1.82, 2.24) is 4.90 Å². The van der Waals surface area contributed by atoms with Crippen molar-refractivity contribution in [2.45, 2.75) is 56.9 Å². The molecule has 37 heavy (non-hydrogen) atoms. The van der Waals surface area contributed by atoms with Gasteiger partial charge in [0.05, 0.1) is 5.69 Å². The van der Waals surface area contributed by atoms with Crippen LogP contribution in [0.15, 0.2) is 72.8 Å². The number of allylic oxidation sites excluding steroid dienone is 1. The highest BCUT2D eigenvalue weighted by atomic mass is 19.1. The fourth-order valence-electron chi connectivity index (χ4n) is 7.16. The van der Waals surface area contributed by atoms with Gasteiger partial charge in [-0.1, -0.05) is 61.5 Å². The number of fused-ring (bicyclic) bond motifs is 2. The Labute approximate surface area is 219 Å². The van der Waals surface area contributed by atoms with Crippen LogP contribution in [-0.2, 0) is 5.41 Å². The van der Waals surface area contributed by atoms with Gasteiger partial charge in [0.15, 0.2) is 0 Å². The van der Waals surface area contributed by atoms with Gasteiger partial charge in [-0.2, -0.15) is 0 Å². The molecule has 0 bridgehead atoms. The van der Waals surface area contributed by atoms with Gasteiger partial charge in [0, 0.05) is 23.6 Å². The van der Waals surface area contributed by atoms with Gasteiger partial charge in [-0.05, 0) is 97.5 Å². The Balaban J connectivity index is 1.11. The fourth-order valence-corrected chi connectivity index (χ4v) is 7.16. The molecule has 1 spiro atoms. The van der Waals surface area contributed by atoms with Gasteiger partial charge in [0.2, 0.25) is 0 Å². The van der Waals surface area contributed by atoms with E-state index in [2.05, 4.69) is 66.5 Å². The van der Waals surface area contributed by atoms with Crippen LogP contribution in [0.4, 0.5) is 10.1 Å². The second kappa shape index (κ2) is 9.57. The molecular weight excluding hydrogens is 459 g/mol. The maximum absolute atomic E-state index is 14.0. The van der Waals surface area contributed by atoms with Crippen LogP contribution in [0.1, 0.15) is 71.1 Å². The number of nitrogens with one attached hydrogen (secondary N) is 1. The minimum Gasteiger partial charge on any atom is -0.319 e. The predicted octanol–water partition coefficient (Wildman–Crippen LogP) is 7.33. The number of nitrogens with zero attached hydrogens (tertiary/aromatic N) is 1. The topological polar surface area (TPSA) is 32.3 Å². The van der Waals surface area contributed by atoms with Crippen molar-refractivity contribution in [2.24, 2.45) is 5.92 Å². The molecule has 3 aliphatic rings. The number of hydrogen-bond donors (Lipinski definition) is 1. The molecule has 4 heteroatoms. The van der Waals surface area contributed by atoms with Crippen LogP contribution in [0.5, 0.6) is 0 Å². The third kappa shape index (κ3) is 4.31. The van der Waals surface area contributed by atoms with E-state index in [4.69, 9.17) is 0 Å². The number of likely N-dealkylation sites (tertiary alicyclic amines) is 1. The molecule has 3 nitrogen and oxygen atoms in total. The quantitative estimate of drug-likeness (QED) is 0.412. The highest BCUT2D eigenvalue weighted by Gasteiger charge is 2.45. The van der Waals surface area contributed by atoms with Crippen molar-refractivity contribution >= 4 is 17.7 Å². The predicted molar refractivity (Wildman–Crippen MR) is 148 cm³/mol. The standard InChI is InChI=1S/C33H35FN2O/c1-22-19-26(32(37)35-31-10-6-5-9-30(31)34)12-14-28(22)25-11-13-27(20-25)36-18-17-33(23(2)21-36)16-15-24-7-3-4-8-29(24)33/h3-10,12,14-16,19,23,25,27H,11,13,17-18,20-21H2,1-2H3,(H,35,37)/t23-,25?,27?,33?/m0/s1. The Morgan fingerprint density at radius 3 is 2.68 bits per heavy atom. The molecule has 1 N–H and O–H groups in total. The zero-order valence-corrected chi connectivity index (χ0v) is 21.7. The number of benzene rings is 3. The molecule has 2 fully saturated rings. The molecule has 190 valence electrons. The van der Waals surface area contributed by atoms with Crippen LogP contribution in [0.25, 0.3) is 6.08 Å². The first-order valence-corrected chi connectivity index (χ1v) is 13.6. The SMILES string of the molecule is Cc1cc(C(=O)Nc2ccccc2F)ccc1C1CCC(N2CCC3(C=Cc4ccccc43)[C@@H](C)C2)C1. The number of piperidine rings is 1. The maximum atomic E-state index is 14.0. The third-order valence-electron chi connectivity index (χ3n) is 9.24. The molecule has 1 saturated carbocycles. The third-order valence-corrected chi connectivity index (χ3v) is 9.24. The van der Waals surface area contributed by atoms with Crippen molar-refractivity contribution in [3.63, 3.8) is 0 Å². The number of carbonyl (C=O) groups is 1. The number of anilines is 1. The highest BCUT2D eigenvalue weighted by Crippen LogP contribution is 2.48. The van der Waals surface area contributed by atoms with Gasteiger partial charge in [-0.3, -0.25) is 4.79 Å². The molecule has 2 aliphatic carbocycles. The molecule has 3 aromatic rings. The zero-order chi connectivity index (χ0) is 25.6. The van der Waals surface area contributed by atoms with E-state index in [0.717, 1.165) is 18.7 Å². The van der Waals surface area contributed by atoms with E-state index in [-0.39, 0.29) is 17.0 Å². The Bertz CT molecular complexity index is 1360. The Morgan fingerprint density at radius 1 is 1.05 bits per heavy atom. The lowest BCUT2D eigenvalue weighted by Crippen LogP contribution is -2.50. The van der Waals surface area contributed by atoms with E-state index in [1.165, 1.54) is 48.4 Å². The molecule has 3 aromatic carbocycles. The molecule has 1 heterocycles. The van der Waals surface area contributed by atoms with E-state index in [1.807, 2.05) is 12.1 Å². The van der Waals surface area contributed by atoms with Crippen molar-refractivity contribution in [3.8, 4) is 0 Å². The maximum Gasteiger partial charge on any atom is 0.255 e. The molecule has 1 saturated heterocycles. The van der Waals surface area contributed by atoms with E-state index >= 15 is 0 Å². The summed E-state index contributed by atoms with van der Waals surface area (Å²) in [6.45, 7) is 6.82. The van der Waals surface area contributed by atoms with Crippen LogP contribution in [0.3, 0.4) is 0 Å². The molecule has 4 atom stereocenters. The highest BCUT2D eigenvalue weighted by molar-refractivity contribution is 6.04. The average Bonchev–Trinajstić information content (AvgIpc) is 3.54. The number of amides is 1.